The van der Waals surface area contributed by atoms with E-state index in [0.29, 0.717) is 0 Å². The van der Waals surface area contributed by atoms with Crippen molar-refractivity contribution < 1.29 is 118 Å². The molecule has 5 heavy (non-hydrogen) atoms. The van der Waals surface area contributed by atoms with E-state index in [1.807, 2.05) is 0 Å². The number of hydrogen-bond donors (Lipinski definition) is 0. The van der Waals surface area contributed by atoms with E-state index in [4.69, 9.17) is 0 Å². The van der Waals surface area contributed by atoms with Crippen molar-refractivity contribution in [2.75, 3.05) is 0 Å². The predicted molar refractivity (Wildman–Crippen MR) is 0 cm³/mol. The minimum absolute atomic E-state index is 0. The molecule has 0 aromatic rings. The average molecular weight is 420 g/mol. The molecule has 0 saturated heterocycles. The van der Waals surface area contributed by atoms with E-state index >= 15 is 0 Å². The molecule has 0 unspecified atom stereocenters. The quantitative estimate of drug-likeness (QED) is 0.485. The molecule has 0 heterocycles. The molecule has 0 aliphatic rings. The largest absolute Gasteiger partial charge is 0 e. The van der Waals surface area contributed by atoms with Gasteiger partial charge in [-0.2, -0.15) is 0 Å². The first-order chi connectivity index (χ1) is 0. The second-order valence-corrected chi connectivity index (χ2v) is 0. The Balaban J connectivity index is 0. The van der Waals surface area contributed by atoms with E-state index in [1.54, 1.807) is 0 Å². The maximum Gasteiger partial charge on any atom is 0 e. The molecule has 0 amide bonds. The first-order valence-corrected chi connectivity index (χ1v) is 0. The zero-order chi connectivity index (χ0) is 0. The van der Waals surface area contributed by atoms with Crippen LogP contribution in [0.25, 0.3) is 0 Å². The van der Waals surface area contributed by atoms with E-state index in [9.17, 15) is 0 Å². The molecule has 0 N–H and O–H groups in total. The maximum atomic E-state index is 0. The molecule has 0 aliphatic heterocycles. The van der Waals surface area contributed by atoms with Gasteiger partial charge in [0, 0.05) is 118 Å². The fourth-order valence-electron chi connectivity index (χ4n) is 0. The molecule has 2 radical (unpaired) electrons. The SMILES string of the molecule is [Co].[Cu].[Fe].[Sm].[Zr]. The molecule has 0 bridgehead atoms. The summed E-state index contributed by atoms with van der Waals surface area (Å²) in [6.07, 6.45) is 0. The van der Waals surface area contributed by atoms with Crippen LogP contribution in [0, 0.1) is 40.4 Å². The molecule has 0 rings (SSSR count). The van der Waals surface area contributed by atoms with Gasteiger partial charge in [-0.05, 0) is 0 Å². The van der Waals surface area contributed by atoms with Crippen LogP contribution in [0.15, 0.2) is 0 Å². The minimum Gasteiger partial charge on any atom is 0 e. The first kappa shape index (κ1) is 37.3. The van der Waals surface area contributed by atoms with Crippen LogP contribution in [0.2, 0.25) is 0 Å². The van der Waals surface area contributed by atoms with Crippen molar-refractivity contribution in [1.29, 1.82) is 0 Å². The molecule has 0 aromatic carbocycles. The van der Waals surface area contributed by atoms with Crippen molar-refractivity contribution in [2.24, 2.45) is 0 Å². The summed E-state index contributed by atoms with van der Waals surface area (Å²) in [6, 6.07) is 0. The molecule has 0 saturated carbocycles. The van der Waals surface area contributed by atoms with Crippen molar-refractivity contribution >= 4 is 0 Å². The Morgan fingerprint density at radius 3 is 1.00 bits per heavy atom. The molecule has 0 aliphatic carbocycles. The van der Waals surface area contributed by atoms with Gasteiger partial charge in [-0.25, -0.2) is 0 Å². The van der Waals surface area contributed by atoms with Gasteiger partial charge in [-0.15, -0.1) is 0 Å². The third-order valence-electron chi connectivity index (χ3n) is 0. The normalized spacial score (nSPS) is 0. The second-order valence-electron chi connectivity index (χ2n) is 0. The Labute approximate surface area is 115 Å². The smallest absolute Gasteiger partial charge is 0 e. The molecule has 0 atom stereocenters. The Hall–Kier alpha value is 3.77. The Bertz CT molecular complexity index is 11.6. The molecular weight excluding hydrogens is 420 g/mol. The van der Waals surface area contributed by atoms with Gasteiger partial charge in [-0.3, -0.25) is 0 Å². The fourth-order valence-corrected chi connectivity index (χ4v) is 0. The van der Waals surface area contributed by atoms with Gasteiger partial charge in [0.05, 0.1) is 0 Å². The van der Waals surface area contributed by atoms with Crippen LogP contribution in [0.5, 0.6) is 0 Å². The van der Waals surface area contributed by atoms with Crippen LogP contribution >= 0.6 is 0 Å². The standard InChI is InChI=1S/Co.Cu.Fe.Sm.Zr. The summed E-state index contributed by atoms with van der Waals surface area (Å²) in [5, 5.41) is 0. The monoisotopic (exact) mass is 420 g/mol. The molecule has 0 aromatic heterocycles. The first-order valence-electron chi connectivity index (χ1n) is 0. The summed E-state index contributed by atoms with van der Waals surface area (Å²) in [6.45, 7) is 0. The second kappa shape index (κ2) is 25.1. The van der Waals surface area contributed by atoms with Gasteiger partial charge in [0.1, 0.15) is 0 Å². The van der Waals surface area contributed by atoms with E-state index < -0.39 is 0 Å². The third kappa shape index (κ3) is 18.2. The minimum atomic E-state index is 0. The summed E-state index contributed by atoms with van der Waals surface area (Å²) >= 11 is 0. The van der Waals surface area contributed by atoms with Crippen molar-refractivity contribution in [3.63, 3.8) is 0 Å². The van der Waals surface area contributed by atoms with Crippen LogP contribution in [0.4, 0.5) is 0 Å². The summed E-state index contributed by atoms with van der Waals surface area (Å²) in [7, 11) is 0. The number of hydrogen-bond acceptors (Lipinski definition) is 0. The van der Waals surface area contributed by atoms with Gasteiger partial charge in [0.25, 0.3) is 0 Å². The molecule has 0 nitrogen and oxygen atoms in total. The summed E-state index contributed by atoms with van der Waals surface area (Å²) < 4.78 is 0. The summed E-state index contributed by atoms with van der Waals surface area (Å²) in [5.74, 6) is 0. The van der Waals surface area contributed by atoms with Gasteiger partial charge in [0.15, 0.2) is 0 Å². The van der Waals surface area contributed by atoms with Gasteiger partial charge < -0.3 is 0 Å². The van der Waals surface area contributed by atoms with E-state index in [0.717, 1.165) is 0 Å². The van der Waals surface area contributed by atoms with Crippen LogP contribution in [0.1, 0.15) is 0 Å². The molecule has 0 spiro atoms. The Kier molecular flexibility index (Phi) is 187. The van der Waals surface area contributed by atoms with E-state index in [1.165, 1.54) is 0 Å². The van der Waals surface area contributed by atoms with E-state index in [2.05, 4.69) is 0 Å². The zero-order valence-electron chi connectivity index (χ0n) is 1.90. The molecular formula is CoCuFeSmZr. The Morgan fingerprint density at radius 2 is 1.00 bits per heavy atom. The van der Waals surface area contributed by atoms with Crippen LogP contribution in [0.3, 0.4) is 0 Å². The van der Waals surface area contributed by atoms with Crippen molar-refractivity contribution in [2.45, 2.75) is 0 Å². The van der Waals surface area contributed by atoms with Crippen molar-refractivity contribution in [3.05, 3.63) is 0 Å². The molecule has 5 heteroatoms. The predicted octanol–water partition coefficient (Wildman–Crippen LogP) is -0.0100. The van der Waals surface area contributed by atoms with Gasteiger partial charge >= 0.3 is 0 Å². The number of rotatable bonds is 0. The van der Waals surface area contributed by atoms with Crippen LogP contribution in [-0.2, 0) is 77.1 Å². The van der Waals surface area contributed by atoms with Crippen LogP contribution < -0.4 is 0 Å². The maximum absolute atomic E-state index is 0. The molecule has 38 valence electrons. The average Bonchev–Trinajstić information content (AvgIpc) is 0. The van der Waals surface area contributed by atoms with E-state index in [-0.39, 0.29) is 118 Å². The zero-order valence-corrected chi connectivity index (χ0v) is 10.1. The summed E-state index contributed by atoms with van der Waals surface area (Å²) in [4.78, 5) is 0. The van der Waals surface area contributed by atoms with Gasteiger partial charge in [0.2, 0.25) is 0 Å². The van der Waals surface area contributed by atoms with Gasteiger partial charge in [-0.1, -0.05) is 0 Å². The summed E-state index contributed by atoms with van der Waals surface area (Å²) in [5.41, 5.74) is 0. The molecule has 0 fully saturated rings. The third-order valence-corrected chi connectivity index (χ3v) is 0. The fraction of sp³-hybridized carbons (Fsp3) is 0. The Morgan fingerprint density at radius 1 is 1.00 bits per heavy atom. The van der Waals surface area contributed by atoms with Crippen molar-refractivity contribution in [1.82, 2.24) is 0 Å². The van der Waals surface area contributed by atoms with Crippen molar-refractivity contribution in [3.8, 4) is 0 Å². The topological polar surface area (TPSA) is 0 Å². The van der Waals surface area contributed by atoms with Crippen LogP contribution in [-0.4, -0.2) is 0 Å².